The van der Waals surface area contributed by atoms with Crippen molar-refractivity contribution in [2.24, 2.45) is 17.8 Å². The molecule has 194 valence electrons. The van der Waals surface area contributed by atoms with Crippen LogP contribution in [0.5, 0.6) is 0 Å². The molecule has 2 aromatic carbocycles. The van der Waals surface area contributed by atoms with Crippen molar-refractivity contribution >= 4 is 6.03 Å². The largest absolute Gasteiger partial charge is 0.378 e. The monoisotopic (exact) mass is 489 g/mol. The van der Waals surface area contributed by atoms with Gasteiger partial charge >= 0.3 is 6.03 Å². The fourth-order valence-electron chi connectivity index (χ4n) is 7.04. The number of rotatable bonds is 8. The first kappa shape index (κ1) is 25.3. The number of aliphatic hydroxyl groups is 1. The molecule has 3 fully saturated rings. The number of hydrogen-bond acceptors (Lipinski definition) is 3. The van der Waals surface area contributed by atoms with Gasteiger partial charge in [-0.2, -0.15) is 0 Å². The normalized spacial score (nSPS) is 27.4. The highest BCUT2D eigenvalue weighted by Gasteiger charge is 2.39. The number of carbonyl (C=O) groups excluding carboxylic acids is 1. The molecule has 5 rings (SSSR count). The number of nitrogens with one attached hydrogen (secondary N) is 2. The molecule has 5 nitrogen and oxygen atoms in total. The van der Waals surface area contributed by atoms with Crippen molar-refractivity contribution in [1.29, 1.82) is 0 Å². The smallest absolute Gasteiger partial charge is 0.315 e. The minimum absolute atomic E-state index is 0.194. The molecule has 2 bridgehead atoms. The molecular formula is C31H43N3O2. The van der Waals surface area contributed by atoms with E-state index in [1.54, 1.807) is 0 Å². The van der Waals surface area contributed by atoms with Gasteiger partial charge in [0.25, 0.3) is 0 Å². The molecule has 36 heavy (non-hydrogen) atoms. The van der Waals surface area contributed by atoms with Gasteiger partial charge in [0.15, 0.2) is 0 Å². The van der Waals surface area contributed by atoms with Crippen molar-refractivity contribution in [2.75, 3.05) is 19.6 Å². The Labute approximate surface area is 216 Å². The first-order valence-corrected chi connectivity index (χ1v) is 14.1. The number of urea groups is 1. The summed E-state index contributed by atoms with van der Waals surface area (Å²) in [5.74, 6) is 2.71. The Balaban J connectivity index is 1.10. The summed E-state index contributed by atoms with van der Waals surface area (Å²) in [6.07, 6.45) is 10.1. The predicted molar refractivity (Wildman–Crippen MR) is 145 cm³/mol. The fraction of sp³-hybridized carbons (Fsp3) is 0.581. The summed E-state index contributed by atoms with van der Waals surface area (Å²) in [6, 6.07) is 18.7. The Morgan fingerprint density at radius 2 is 1.47 bits per heavy atom. The Morgan fingerprint density at radius 3 is 2.03 bits per heavy atom. The highest BCUT2D eigenvalue weighted by Crippen LogP contribution is 2.37. The second-order valence-electron chi connectivity index (χ2n) is 11.6. The van der Waals surface area contributed by atoms with Crippen LogP contribution in [0.3, 0.4) is 0 Å². The van der Waals surface area contributed by atoms with Crippen molar-refractivity contribution in [3.63, 3.8) is 0 Å². The van der Waals surface area contributed by atoms with E-state index in [1.807, 2.05) is 67.6 Å². The standard InChI is InChI=1S/C31H43N3O2/c1-23(31(36,27-8-4-2-5-9-27)28-10-6-3-7-11-28)32-30(35)33-29-16-14-24(15-17-29)18-19-34-21-25-12-13-26(20-25)22-34/h2-11,23-26,29,36H,12-22H2,1H3,(H2,32,33,35)/t23-,24?,25-,26+,29?/m0/s1. The SMILES string of the molecule is C[C@H](NC(=O)NC1CCC(CCN2C[C@@H]3CC[C@@H](C3)C2)CC1)C(O)(c1ccccc1)c1ccccc1. The summed E-state index contributed by atoms with van der Waals surface area (Å²) < 4.78 is 0. The fourth-order valence-corrected chi connectivity index (χ4v) is 7.04. The van der Waals surface area contributed by atoms with E-state index in [0.29, 0.717) is 0 Å². The van der Waals surface area contributed by atoms with Gasteiger partial charge in [0.1, 0.15) is 5.60 Å². The van der Waals surface area contributed by atoms with Crippen LogP contribution < -0.4 is 10.6 Å². The van der Waals surface area contributed by atoms with Gasteiger partial charge in [-0.3, -0.25) is 0 Å². The molecule has 3 atom stereocenters. The highest BCUT2D eigenvalue weighted by atomic mass is 16.3. The molecule has 0 radical (unpaired) electrons. The lowest BCUT2D eigenvalue weighted by atomic mass is 9.81. The van der Waals surface area contributed by atoms with E-state index in [-0.39, 0.29) is 12.1 Å². The summed E-state index contributed by atoms with van der Waals surface area (Å²) in [6.45, 7) is 5.78. The lowest BCUT2D eigenvalue weighted by Gasteiger charge is -2.37. The number of hydrogen-bond donors (Lipinski definition) is 3. The third kappa shape index (κ3) is 5.78. The van der Waals surface area contributed by atoms with Crippen LogP contribution in [0.15, 0.2) is 60.7 Å². The van der Waals surface area contributed by atoms with Gasteiger partial charge in [0.2, 0.25) is 0 Å². The van der Waals surface area contributed by atoms with Crippen LogP contribution in [0.1, 0.15) is 69.4 Å². The third-order valence-corrected chi connectivity index (χ3v) is 9.12. The number of nitrogens with zero attached hydrogens (tertiary/aromatic N) is 1. The zero-order valence-corrected chi connectivity index (χ0v) is 21.7. The van der Waals surface area contributed by atoms with E-state index >= 15 is 0 Å². The van der Waals surface area contributed by atoms with E-state index in [2.05, 4.69) is 15.5 Å². The second-order valence-corrected chi connectivity index (χ2v) is 11.6. The van der Waals surface area contributed by atoms with Crippen molar-refractivity contribution in [3.8, 4) is 0 Å². The van der Waals surface area contributed by atoms with Gasteiger partial charge in [-0.05, 0) is 93.7 Å². The van der Waals surface area contributed by atoms with Crippen LogP contribution in [0.2, 0.25) is 0 Å². The number of piperidine rings is 1. The summed E-state index contributed by atoms with van der Waals surface area (Å²) in [5.41, 5.74) is 0.225. The van der Waals surface area contributed by atoms with Crippen molar-refractivity contribution < 1.29 is 9.90 Å². The van der Waals surface area contributed by atoms with Crippen molar-refractivity contribution in [3.05, 3.63) is 71.8 Å². The molecule has 2 saturated carbocycles. The maximum absolute atomic E-state index is 13.0. The molecule has 1 saturated heterocycles. The van der Waals surface area contributed by atoms with Crippen LogP contribution in [-0.2, 0) is 5.60 Å². The van der Waals surface area contributed by atoms with Gasteiger partial charge < -0.3 is 20.6 Å². The summed E-state index contributed by atoms with van der Waals surface area (Å²) in [5, 5.41) is 18.1. The Morgan fingerprint density at radius 1 is 0.917 bits per heavy atom. The lowest BCUT2D eigenvalue weighted by molar-refractivity contribution is 0.0470. The first-order valence-electron chi connectivity index (χ1n) is 14.1. The average molecular weight is 490 g/mol. The van der Waals surface area contributed by atoms with E-state index < -0.39 is 11.6 Å². The summed E-state index contributed by atoms with van der Waals surface area (Å²) in [4.78, 5) is 15.7. The Bertz CT molecular complexity index is 922. The molecule has 2 amide bonds. The number of likely N-dealkylation sites (tertiary alicyclic amines) is 1. The van der Waals surface area contributed by atoms with E-state index in [1.165, 1.54) is 58.2 Å². The maximum atomic E-state index is 13.0. The van der Waals surface area contributed by atoms with Gasteiger partial charge in [-0.15, -0.1) is 0 Å². The first-order chi connectivity index (χ1) is 17.5. The minimum Gasteiger partial charge on any atom is -0.378 e. The predicted octanol–water partition coefficient (Wildman–Crippen LogP) is 5.29. The summed E-state index contributed by atoms with van der Waals surface area (Å²) in [7, 11) is 0. The Hall–Kier alpha value is -2.37. The number of carbonyl (C=O) groups is 1. The molecule has 1 aliphatic heterocycles. The maximum Gasteiger partial charge on any atom is 0.315 e. The molecule has 5 heteroatoms. The van der Waals surface area contributed by atoms with E-state index in [4.69, 9.17) is 0 Å². The molecular weight excluding hydrogens is 446 g/mol. The highest BCUT2D eigenvalue weighted by molar-refractivity contribution is 5.75. The van der Waals surface area contributed by atoms with E-state index in [0.717, 1.165) is 41.7 Å². The molecule has 2 aromatic rings. The zero-order chi connectivity index (χ0) is 25.0. The summed E-state index contributed by atoms with van der Waals surface area (Å²) >= 11 is 0. The van der Waals surface area contributed by atoms with Gasteiger partial charge in [-0.1, -0.05) is 60.7 Å². The molecule has 2 aliphatic carbocycles. The molecule has 0 unspecified atom stereocenters. The molecule has 0 spiro atoms. The third-order valence-electron chi connectivity index (χ3n) is 9.12. The second kappa shape index (κ2) is 11.4. The molecule has 0 aromatic heterocycles. The van der Waals surface area contributed by atoms with Crippen molar-refractivity contribution in [1.82, 2.24) is 15.5 Å². The number of fused-ring (bicyclic) bond motifs is 2. The van der Waals surface area contributed by atoms with Gasteiger partial charge in [-0.25, -0.2) is 4.79 Å². The van der Waals surface area contributed by atoms with Crippen LogP contribution in [0.4, 0.5) is 4.79 Å². The topological polar surface area (TPSA) is 64.6 Å². The van der Waals surface area contributed by atoms with Gasteiger partial charge in [0, 0.05) is 19.1 Å². The zero-order valence-electron chi connectivity index (χ0n) is 21.7. The average Bonchev–Trinajstić information content (AvgIpc) is 3.26. The quantitative estimate of drug-likeness (QED) is 0.472. The van der Waals surface area contributed by atoms with Crippen LogP contribution >= 0.6 is 0 Å². The van der Waals surface area contributed by atoms with Crippen molar-refractivity contribution in [2.45, 2.75) is 76.0 Å². The lowest BCUT2D eigenvalue weighted by Crippen LogP contribution is -2.54. The van der Waals surface area contributed by atoms with Crippen LogP contribution in [0.25, 0.3) is 0 Å². The minimum atomic E-state index is -1.31. The number of benzene rings is 2. The Kier molecular flexibility index (Phi) is 7.97. The van der Waals surface area contributed by atoms with Crippen LogP contribution in [-0.4, -0.2) is 47.8 Å². The molecule has 3 N–H and O–H groups in total. The van der Waals surface area contributed by atoms with E-state index in [9.17, 15) is 9.90 Å². The number of amides is 2. The molecule has 3 aliphatic rings. The van der Waals surface area contributed by atoms with Crippen LogP contribution in [0, 0.1) is 17.8 Å². The molecule has 1 heterocycles. The van der Waals surface area contributed by atoms with Gasteiger partial charge in [0.05, 0.1) is 6.04 Å².